The Morgan fingerprint density at radius 1 is 1.23 bits per heavy atom. The van der Waals surface area contributed by atoms with Crippen LogP contribution in [0.15, 0.2) is 29.6 Å². The van der Waals surface area contributed by atoms with Crippen LogP contribution in [0.1, 0.15) is 43.2 Å². The van der Waals surface area contributed by atoms with Crippen molar-refractivity contribution >= 4 is 29.0 Å². The molecule has 0 bridgehead atoms. The van der Waals surface area contributed by atoms with Crippen LogP contribution in [-0.4, -0.2) is 33.9 Å². The number of para-hydroxylation sites is 1. The van der Waals surface area contributed by atoms with Gasteiger partial charge in [-0.3, -0.25) is 4.79 Å². The van der Waals surface area contributed by atoms with Gasteiger partial charge in [-0.2, -0.15) is 0 Å². The lowest BCUT2D eigenvalue weighted by molar-refractivity contribution is 0.0938. The fourth-order valence-corrected chi connectivity index (χ4v) is 2.98. The maximum Gasteiger partial charge on any atom is 0.322 e. The number of carbonyl (C=O) groups excluding carboxylic acids is 2. The van der Waals surface area contributed by atoms with Crippen molar-refractivity contribution < 1.29 is 14.0 Å². The number of aromatic nitrogens is 1. The van der Waals surface area contributed by atoms with E-state index in [1.807, 2.05) is 27.7 Å². The second-order valence-electron chi connectivity index (χ2n) is 6.39. The first-order valence-electron chi connectivity index (χ1n) is 8.35. The van der Waals surface area contributed by atoms with Gasteiger partial charge in [-0.15, -0.1) is 11.3 Å². The van der Waals surface area contributed by atoms with E-state index >= 15 is 0 Å². The minimum Gasteiger partial charge on any atom is -0.349 e. The summed E-state index contributed by atoms with van der Waals surface area (Å²) in [5.74, 6) is -0.735. The lowest BCUT2D eigenvalue weighted by Crippen LogP contribution is -2.39. The van der Waals surface area contributed by atoms with Crippen LogP contribution in [0.3, 0.4) is 0 Å². The topological polar surface area (TPSA) is 74.3 Å². The Labute approximate surface area is 156 Å². The lowest BCUT2D eigenvalue weighted by atomic mass is 10.3. The van der Waals surface area contributed by atoms with E-state index < -0.39 is 11.8 Å². The highest BCUT2D eigenvalue weighted by atomic mass is 32.1. The van der Waals surface area contributed by atoms with Gasteiger partial charge in [0.15, 0.2) is 0 Å². The molecule has 2 rings (SSSR count). The summed E-state index contributed by atoms with van der Waals surface area (Å²) in [6.07, 6.45) is 0. The Morgan fingerprint density at radius 3 is 2.54 bits per heavy atom. The molecule has 0 saturated heterocycles. The molecule has 1 heterocycles. The first-order chi connectivity index (χ1) is 12.3. The van der Waals surface area contributed by atoms with E-state index in [0.29, 0.717) is 10.7 Å². The predicted octanol–water partition coefficient (Wildman–Crippen LogP) is 3.86. The molecule has 0 radical (unpaired) electrons. The molecule has 1 aromatic carbocycles. The minimum absolute atomic E-state index is 0.0198. The first kappa shape index (κ1) is 19.8. The van der Waals surface area contributed by atoms with E-state index in [4.69, 9.17) is 0 Å². The van der Waals surface area contributed by atoms with Crippen molar-refractivity contribution in [2.24, 2.45) is 0 Å². The molecule has 0 saturated carbocycles. The minimum atomic E-state index is -0.494. The molecule has 26 heavy (non-hydrogen) atoms. The van der Waals surface area contributed by atoms with Crippen molar-refractivity contribution in [2.45, 2.75) is 46.3 Å². The molecule has 3 amide bonds. The Kier molecular flexibility index (Phi) is 6.68. The van der Waals surface area contributed by atoms with Gasteiger partial charge >= 0.3 is 6.03 Å². The zero-order chi connectivity index (χ0) is 19.3. The number of carbonyl (C=O) groups is 2. The molecule has 0 unspecified atom stereocenters. The van der Waals surface area contributed by atoms with Crippen LogP contribution >= 0.6 is 11.3 Å². The van der Waals surface area contributed by atoms with Crippen LogP contribution < -0.4 is 10.6 Å². The summed E-state index contributed by atoms with van der Waals surface area (Å²) in [6.45, 7) is 7.71. The Hall–Kier alpha value is -2.48. The molecule has 2 aromatic rings. The van der Waals surface area contributed by atoms with E-state index in [1.165, 1.54) is 28.4 Å². The van der Waals surface area contributed by atoms with Crippen molar-refractivity contribution in [3.63, 3.8) is 0 Å². The molecule has 6 nitrogen and oxygen atoms in total. The first-order valence-corrected chi connectivity index (χ1v) is 9.23. The summed E-state index contributed by atoms with van der Waals surface area (Å²) >= 11 is 1.31. The summed E-state index contributed by atoms with van der Waals surface area (Å²) < 4.78 is 13.7. The summed E-state index contributed by atoms with van der Waals surface area (Å²) in [4.78, 5) is 30.4. The standard InChI is InChI=1S/C18H23FN4O2S/c1-11(2)20-17(24)15-10-26-16(21-15)9-23(12(3)4)18(25)22-14-8-6-5-7-13(14)19/h5-8,10-12H,9H2,1-4H3,(H,20,24)(H,22,25). The second kappa shape index (κ2) is 8.75. The van der Waals surface area contributed by atoms with Crippen LogP contribution in [0, 0.1) is 5.82 Å². The van der Waals surface area contributed by atoms with E-state index in [-0.39, 0.29) is 30.2 Å². The van der Waals surface area contributed by atoms with E-state index in [2.05, 4.69) is 15.6 Å². The number of benzene rings is 1. The van der Waals surface area contributed by atoms with Crippen LogP contribution in [-0.2, 0) is 6.54 Å². The summed E-state index contributed by atoms with van der Waals surface area (Å²) in [6, 6.07) is 5.47. The molecule has 0 spiro atoms. The highest BCUT2D eigenvalue weighted by Gasteiger charge is 2.21. The quantitative estimate of drug-likeness (QED) is 0.801. The largest absolute Gasteiger partial charge is 0.349 e. The number of hydrogen-bond acceptors (Lipinski definition) is 4. The smallest absolute Gasteiger partial charge is 0.322 e. The molecule has 1 aromatic heterocycles. The van der Waals surface area contributed by atoms with Gasteiger partial charge in [0, 0.05) is 17.5 Å². The summed E-state index contributed by atoms with van der Waals surface area (Å²) in [7, 11) is 0. The number of nitrogens with one attached hydrogen (secondary N) is 2. The summed E-state index contributed by atoms with van der Waals surface area (Å²) in [5, 5.41) is 7.66. The van der Waals surface area contributed by atoms with Gasteiger partial charge in [0.1, 0.15) is 16.5 Å². The maximum absolute atomic E-state index is 13.7. The third-order valence-electron chi connectivity index (χ3n) is 3.51. The van der Waals surface area contributed by atoms with E-state index in [0.717, 1.165) is 0 Å². The van der Waals surface area contributed by atoms with Gasteiger partial charge in [0.25, 0.3) is 5.91 Å². The molecular weight excluding hydrogens is 355 g/mol. The lowest BCUT2D eigenvalue weighted by Gasteiger charge is -2.26. The highest BCUT2D eigenvalue weighted by molar-refractivity contribution is 7.09. The number of rotatable bonds is 6. The Morgan fingerprint density at radius 2 is 1.92 bits per heavy atom. The second-order valence-corrected chi connectivity index (χ2v) is 7.33. The Bertz CT molecular complexity index is 776. The highest BCUT2D eigenvalue weighted by Crippen LogP contribution is 2.18. The van der Waals surface area contributed by atoms with Gasteiger partial charge < -0.3 is 15.5 Å². The molecule has 0 aliphatic carbocycles. The molecule has 8 heteroatoms. The number of urea groups is 1. The van der Waals surface area contributed by atoms with Gasteiger partial charge in [0.2, 0.25) is 0 Å². The SMILES string of the molecule is CC(C)NC(=O)c1csc(CN(C(=O)Nc2ccccc2F)C(C)C)n1. The molecule has 0 atom stereocenters. The molecular formula is C18H23FN4O2S. The van der Waals surface area contributed by atoms with Crippen molar-refractivity contribution in [2.75, 3.05) is 5.32 Å². The molecule has 2 N–H and O–H groups in total. The molecule has 0 fully saturated rings. The zero-order valence-electron chi connectivity index (χ0n) is 15.2. The average molecular weight is 378 g/mol. The van der Waals surface area contributed by atoms with Crippen LogP contribution in [0.2, 0.25) is 0 Å². The number of halogens is 1. The number of amides is 3. The molecule has 140 valence electrons. The van der Waals surface area contributed by atoms with Crippen molar-refractivity contribution in [1.29, 1.82) is 0 Å². The number of hydrogen-bond donors (Lipinski definition) is 2. The van der Waals surface area contributed by atoms with Crippen LogP contribution in [0.5, 0.6) is 0 Å². The third-order valence-corrected chi connectivity index (χ3v) is 4.34. The number of thiazole rings is 1. The number of nitrogens with zero attached hydrogens (tertiary/aromatic N) is 2. The van der Waals surface area contributed by atoms with Crippen LogP contribution in [0.25, 0.3) is 0 Å². The molecule has 0 aliphatic heterocycles. The molecule has 0 aliphatic rings. The maximum atomic E-state index is 13.7. The van der Waals surface area contributed by atoms with Gasteiger partial charge in [-0.05, 0) is 39.8 Å². The van der Waals surface area contributed by atoms with E-state index in [9.17, 15) is 14.0 Å². The Balaban J connectivity index is 2.09. The van der Waals surface area contributed by atoms with Crippen molar-refractivity contribution in [3.05, 3.63) is 46.2 Å². The van der Waals surface area contributed by atoms with Gasteiger partial charge in [0.05, 0.1) is 12.2 Å². The van der Waals surface area contributed by atoms with Crippen molar-refractivity contribution in [3.8, 4) is 0 Å². The normalized spacial score (nSPS) is 10.9. The van der Waals surface area contributed by atoms with Crippen molar-refractivity contribution in [1.82, 2.24) is 15.2 Å². The third kappa shape index (κ3) is 5.26. The fraction of sp³-hybridized carbons (Fsp3) is 0.389. The van der Waals surface area contributed by atoms with Crippen LogP contribution in [0.4, 0.5) is 14.9 Å². The fourth-order valence-electron chi connectivity index (χ4n) is 2.21. The van der Waals surface area contributed by atoms with Gasteiger partial charge in [-0.25, -0.2) is 14.2 Å². The number of anilines is 1. The zero-order valence-corrected chi connectivity index (χ0v) is 16.1. The van der Waals surface area contributed by atoms with Gasteiger partial charge in [-0.1, -0.05) is 12.1 Å². The summed E-state index contributed by atoms with van der Waals surface area (Å²) in [5.41, 5.74) is 0.455. The van der Waals surface area contributed by atoms with E-state index in [1.54, 1.807) is 17.5 Å². The average Bonchev–Trinajstić information content (AvgIpc) is 3.02. The monoisotopic (exact) mass is 378 g/mol. The predicted molar refractivity (Wildman–Crippen MR) is 101 cm³/mol.